The summed E-state index contributed by atoms with van der Waals surface area (Å²) >= 11 is 0. The number of benzene rings is 1. The van der Waals surface area contributed by atoms with Gasteiger partial charge in [-0.25, -0.2) is 4.39 Å². The van der Waals surface area contributed by atoms with Crippen molar-refractivity contribution in [1.82, 2.24) is 0 Å². The molecule has 4 heteroatoms. The number of halogens is 1. The summed E-state index contributed by atoms with van der Waals surface area (Å²) in [5.74, 6) is -1.19. The van der Waals surface area contributed by atoms with Gasteiger partial charge < -0.3 is 4.74 Å². The Kier molecular flexibility index (Phi) is 4.73. The zero-order valence-corrected chi connectivity index (χ0v) is 11.6. The van der Waals surface area contributed by atoms with Crippen LogP contribution in [0.4, 0.5) is 4.39 Å². The van der Waals surface area contributed by atoms with Crippen molar-refractivity contribution in [2.45, 2.75) is 38.0 Å². The predicted molar refractivity (Wildman–Crippen MR) is 72.9 cm³/mol. The van der Waals surface area contributed by atoms with Gasteiger partial charge >= 0.3 is 0 Å². The fraction of sp³-hybridized carbons (Fsp3) is 0.500. The molecule has 0 heterocycles. The average Bonchev–Trinajstić information content (AvgIpc) is 2.49. The summed E-state index contributed by atoms with van der Waals surface area (Å²) in [5.41, 5.74) is 0.338. The standard InChI is InChI=1S/C16H18FNO2/c1-20-15-8-7-12(17)9-13(15)14(10-18)16(19)11-5-3-2-4-6-11/h7-9,11,14H,2-6H2,1H3. The van der Waals surface area contributed by atoms with Crippen LogP contribution < -0.4 is 4.74 Å². The van der Waals surface area contributed by atoms with Crippen molar-refractivity contribution in [1.29, 1.82) is 5.26 Å². The van der Waals surface area contributed by atoms with Crippen LogP contribution in [0.15, 0.2) is 18.2 Å². The highest BCUT2D eigenvalue weighted by Gasteiger charge is 2.31. The summed E-state index contributed by atoms with van der Waals surface area (Å²) in [6.07, 6.45) is 4.84. The van der Waals surface area contributed by atoms with Gasteiger partial charge in [0, 0.05) is 11.5 Å². The van der Waals surface area contributed by atoms with Crippen LogP contribution in [0, 0.1) is 23.1 Å². The lowest BCUT2D eigenvalue weighted by atomic mass is 9.80. The first-order valence-electron chi connectivity index (χ1n) is 6.94. The quantitative estimate of drug-likeness (QED) is 0.843. The number of hydrogen-bond donors (Lipinski definition) is 0. The van der Waals surface area contributed by atoms with E-state index in [-0.39, 0.29) is 11.7 Å². The third kappa shape index (κ3) is 2.98. The van der Waals surface area contributed by atoms with E-state index in [4.69, 9.17) is 4.74 Å². The van der Waals surface area contributed by atoms with Gasteiger partial charge in [0.2, 0.25) is 0 Å². The zero-order valence-electron chi connectivity index (χ0n) is 11.6. The summed E-state index contributed by atoms with van der Waals surface area (Å²) in [7, 11) is 1.45. The lowest BCUT2D eigenvalue weighted by Crippen LogP contribution is -2.24. The van der Waals surface area contributed by atoms with Gasteiger partial charge in [0.1, 0.15) is 17.5 Å². The first-order chi connectivity index (χ1) is 9.67. The molecule has 0 saturated heterocycles. The van der Waals surface area contributed by atoms with Crippen molar-refractivity contribution in [3.63, 3.8) is 0 Å². The van der Waals surface area contributed by atoms with Crippen molar-refractivity contribution >= 4 is 5.78 Å². The molecule has 20 heavy (non-hydrogen) atoms. The molecule has 3 nitrogen and oxygen atoms in total. The molecule has 1 unspecified atom stereocenters. The summed E-state index contributed by atoms with van der Waals surface area (Å²) in [5, 5.41) is 9.34. The minimum atomic E-state index is -0.941. The Morgan fingerprint density at radius 3 is 2.70 bits per heavy atom. The largest absolute Gasteiger partial charge is 0.496 e. The number of Topliss-reactive ketones (excluding diaryl/α,β-unsaturated/α-hetero) is 1. The first kappa shape index (κ1) is 14.5. The minimum Gasteiger partial charge on any atom is -0.496 e. The molecule has 1 aliphatic carbocycles. The lowest BCUT2D eigenvalue weighted by molar-refractivity contribution is -0.124. The predicted octanol–water partition coefficient (Wildman–Crippen LogP) is 3.59. The van der Waals surface area contributed by atoms with E-state index in [1.807, 2.05) is 6.07 Å². The molecule has 1 aliphatic rings. The molecule has 1 aromatic carbocycles. The van der Waals surface area contributed by atoms with Gasteiger partial charge in [-0.1, -0.05) is 19.3 Å². The van der Waals surface area contributed by atoms with E-state index in [1.54, 1.807) is 0 Å². The fourth-order valence-electron chi connectivity index (χ4n) is 2.84. The van der Waals surface area contributed by atoms with Crippen LogP contribution in [-0.2, 0) is 4.79 Å². The third-order valence-electron chi connectivity index (χ3n) is 3.92. The smallest absolute Gasteiger partial charge is 0.157 e. The molecule has 2 rings (SSSR count). The molecule has 0 amide bonds. The van der Waals surface area contributed by atoms with E-state index in [9.17, 15) is 14.4 Å². The molecular weight excluding hydrogens is 257 g/mol. The zero-order chi connectivity index (χ0) is 14.5. The monoisotopic (exact) mass is 275 g/mol. The van der Waals surface area contributed by atoms with Crippen molar-refractivity contribution in [3.8, 4) is 11.8 Å². The van der Waals surface area contributed by atoms with Crippen LogP contribution in [-0.4, -0.2) is 12.9 Å². The fourth-order valence-corrected chi connectivity index (χ4v) is 2.84. The Labute approximate surface area is 118 Å². The topological polar surface area (TPSA) is 50.1 Å². The van der Waals surface area contributed by atoms with E-state index in [0.717, 1.165) is 32.1 Å². The molecule has 0 N–H and O–H groups in total. The molecule has 1 aromatic rings. The number of rotatable bonds is 4. The minimum absolute atomic E-state index is 0.0821. The van der Waals surface area contributed by atoms with Gasteiger partial charge in [-0.2, -0.15) is 5.26 Å². The Morgan fingerprint density at radius 1 is 1.40 bits per heavy atom. The SMILES string of the molecule is COc1ccc(F)cc1C(C#N)C(=O)C1CCCCC1. The van der Waals surface area contributed by atoms with E-state index < -0.39 is 11.7 Å². The number of carbonyl (C=O) groups is 1. The summed E-state index contributed by atoms with van der Waals surface area (Å²) in [6.45, 7) is 0. The van der Waals surface area contributed by atoms with E-state index in [2.05, 4.69) is 0 Å². The highest BCUT2D eigenvalue weighted by atomic mass is 19.1. The lowest BCUT2D eigenvalue weighted by Gasteiger charge is -2.23. The summed E-state index contributed by atoms with van der Waals surface area (Å²) < 4.78 is 18.6. The van der Waals surface area contributed by atoms with Gasteiger partial charge in [-0.15, -0.1) is 0 Å². The van der Waals surface area contributed by atoms with Gasteiger partial charge in [-0.3, -0.25) is 4.79 Å². The molecule has 1 saturated carbocycles. The van der Waals surface area contributed by atoms with E-state index >= 15 is 0 Å². The number of ether oxygens (including phenoxy) is 1. The molecular formula is C16H18FNO2. The van der Waals surface area contributed by atoms with Crippen molar-refractivity contribution in [2.24, 2.45) is 5.92 Å². The van der Waals surface area contributed by atoms with Crippen LogP contribution in [0.3, 0.4) is 0 Å². The number of nitrogens with zero attached hydrogens (tertiary/aromatic N) is 1. The molecule has 0 aliphatic heterocycles. The normalized spacial score (nSPS) is 17.2. The van der Waals surface area contributed by atoms with Crippen molar-refractivity contribution in [3.05, 3.63) is 29.6 Å². The molecule has 1 fully saturated rings. The Balaban J connectivity index is 2.30. The molecule has 0 spiro atoms. The second-order valence-corrected chi connectivity index (χ2v) is 5.19. The van der Waals surface area contributed by atoms with Gasteiger partial charge in [-0.05, 0) is 31.0 Å². The maximum Gasteiger partial charge on any atom is 0.157 e. The Morgan fingerprint density at radius 2 is 2.10 bits per heavy atom. The average molecular weight is 275 g/mol. The highest BCUT2D eigenvalue weighted by Crippen LogP contribution is 2.34. The van der Waals surface area contributed by atoms with E-state index in [0.29, 0.717) is 11.3 Å². The number of ketones is 1. The molecule has 0 aromatic heterocycles. The second-order valence-electron chi connectivity index (χ2n) is 5.19. The summed E-state index contributed by atoms with van der Waals surface area (Å²) in [6, 6.07) is 5.98. The van der Waals surface area contributed by atoms with Crippen molar-refractivity contribution < 1.29 is 13.9 Å². The van der Waals surface area contributed by atoms with Crippen LogP contribution in [0.1, 0.15) is 43.6 Å². The molecule has 1 atom stereocenters. The van der Waals surface area contributed by atoms with Crippen LogP contribution in [0.5, 0.6) is 5.75 Å². The van der Waals surface area contributed by atoms with Gasteiger partial charge in [0.15, 0.2) is 5.78 Å². The second kappa shape index (κ2) is 6.51. The van der Waals surface area contributed by atoms with Crippen LogP contribution in [0.2, 0.25) is 0 Å². The number of carbonyl (C=O) groups excluding carboxylic acids is 1. The number of methoxy groups -OCH3 is 1. The van der Waals surface area contributed by atoms with Gasteiger partial charge in [0.05, 0.1) is 13.2 Å². The number of nitriles is 1. The Bertz CT molecular complexity index is 530. The Hall–Kier alpha value is -1.89. The molecule has 106 valence electrons. The van der Waals surface area contributed by atoms with Crippen molar-refractivity contribution in [2.75, 3.05) is 7.11 Å². The summed E-state index contributed by atoms with van der Waals surface area (Å²) in [4.78, 5) is 12.5. The first-order valence-corrected chi connectivity index (χ1v) is 6.94. The molecule has 0 bridgehead atoms. The maximum absolute atomic E-state index is 13.4. The van der Waals surface area contributed by atoms with Crippen LogP contribution in [0.25, 0.3) is 0 Å². The third-order valence-corrected chi connectivity index (χ3v) is 3.92. The number of hydrogen-bond acceptors (Lipinski definition) is 3. The highest BCUT2D eigenvalue weighted by molar-refractivity contribution is 5.91. The van der Waals surface area contributed by atoms with Gasteiger partial charge in [0.25, 0.3) is 0 Å². The maximum atomic E-state index is 13.4. The molecule has 0 radical (unpaired) electrons. The van der Waals surface area contributed by atoms with Crippen LogP contribution >= 0.6 is 0 Å². The van der Waals surface area contributed by atoms with E-state index in [1.165, 1.54) is 25.3 Å².